The molecule has 0 saturated heterocycles. The largest absolute Gasteiger partial charge is 0.375 e. The van der Waals surface area contributed by atoms with Gasteiger partial charge in [0.2, 0.25) is 5.91 Å². The molecule has 0 bridgehead atoms. The molecular weight excluding hydrogens is 318 g/mol. The van der Waals surface area contributed by atoms with Gasteiger partial charge in [-0.2, -0.15) is 0 Å². The number of nitro groups is 1. The van der Waals surface area contributed by atoms with Crippen LogP contribution in [0.2, 0.25) is 5.02 Å². The van der Waals surface area contributed by atoms with Crippen LogP contribution in [-0.4, -0.2) is 17.4 Å². The van der Waals surface area contributed by atoms with E-state index in [1.807, 2.05) is 13.0 Å². The third-order valence-corrected chi connectivity index (χ3v) is 3.58. The summed E-state index contributed by atoms with van der Waals surface area (Å²) in [6, 6.07) is 9.81. The van der Waals surface area contributed by atoms with Gasteiger partial charge in [-0.3, -0.25) is 14.9 Å². The van der Waals surface area contributed by atoms with E-state index in [0.717, 1.165) is 11.1 Å². The Morgan fingerprint density at radius 3 is 2.57 bits per heavy atom. The number of nitrogens with one attached hydrogen (secondary N) is 2. The first kappa shape index (κ1) is 16.8. The molecule has 7 heteroatoms. The maximum atomic E-state index is 12.0. The van der Waals surface area contributed by atoms with Gasteiger partial charge in [-0.1, -0.05) is 23.7 Å². The van der Waals surface area contributed by atoms with Crippen molar-refractivity contribution in [2.75, 3.05) is 17.2 Å². The van der Waals surface area contributed by atoms with Crippen LogP contribution in [0.1, 0.15) is 11.1 Å². The number of rotatable bonds is 5. The van der Waals surface area contributed by atoms with Gasteiger partial charge >= 0.3 is 0 Å². The Kier molecular flexibility index (Phi) is 5.18. The molecule has 0 heterocycles. The summed E-state index contributed by atoms with van der Waals surface area (Å²) >= 11 is 6.08. The van der Waals surface area contributed by atoms with Crippen molar-refractivity contribution in [1.29, 1.82) is 0 Å². The monoisotopic (exact) mass is 333 g/mol. The summed E-state index contributed by atoms with van der Waals surface area (Å²) < 4.78 is 0. The molecule has 0 aliphatic heterocycles. The minimum atomic E-state index is -0.501. The second kappa shape index (κ2) is 7.11. The Hall–Kier alpha value is -2.60. The normalized spacial score (nSPS) is 10.2. The standard InChI is InChI=1S/C16H16ClN3O3/c1-10-3-6-14(13(17)7-10)18-9-16(21)19-15-8-12(20(22)23)5-4-11(15)2/h3-8,18H,9H2,1-2H3,(H,19,21). The predicted octanol–water partition coefficient (Wildman–Crippen LogP) is 3.92. The summed E-state index contributed by atoms with van der Waals surface area (Å²) in [5.41, 5.74) is 2.78. The minimum absolute atomic E-state index is 0.00487. The number of anilines is 2. The Labute approximate surface area is 138 Å². The molecule has 1 amide bonds. The molecule has 0 unspecified atom stereocenters. The lowest BCUT2D eigenvalue weighted by atomic mass is 10.2. The Morgan fingerprint density at radius 1 is 1.17 bits per heavy atom. The molecule has 2 aromatic carbocycles. The Morgan fingerprint density at radius 2 is 1.91 bits per heavy atom. The molecule has 0 aromatic heterocycles. The molecule has 0 saturated carbocycles. The molecule has 0 aliphatic carbocycles. The molecule has 2 rings (SSSR count). The number of halogens is 1. The summed E-state index contributed by atoms with van der Waals surface area (Å²) in [6.07, 6.45) is 0. The number of amides is 1. The number of nitro benzene ring substituents is 1. The second-order valence-corrected chi connectivity index (χ2v) is 5.55. The smallest absolute Gasteiger partial charge is 0.271 e. The topological polar surface area (TPSA) is 84.3 Å². The summed E-state index contributed by atoms with van der Waals surface area (Å²) in [6.45, 7) is 3.70. The number of non-ortho nitro benzene ring substituents is 1. The van der Waals surface area contributed by atoms with Crippen LogP contribution in [0.25, 0.3) is 0 Å². The van der Waals surface area contributed by atoms with Crippen LogP contribution in [0.15, 0.2) is 36.4 Å². The molecule has 0 fully saturated rings. The first-order valence-electron chi connectivity index (χ1n) is 6.92. The van der Waals surface area contributed by atoms with Gasteiger partial charge in [0.15, 0.2) is 0 Å². The van der Waals surface area contributed by atoms with Gasteiger partial charge in [0.25, 0.3) is 5.69 Å². The fourth-order valence-corrected chi connectivity index (χ4v) is 2.29. The average Bonchev–Trinajstić information content (AvgIpc) is 2.48. The zero-order valence-corrected chi connectivity index (χ0v) is 13.5. The van der Waals surface area contributed by atoms with Crippen LogP contribution in [0.4, 0.5) is 17.1 Å². The summed E-state index contributed by atoms with van der Waals surface area (Å²) in [5, 5.41) is 16.9. The highest BCUT2D eigenvalue weighted by atomic mass is 35.5. The lowest BCUT2D eigenvalue weighted by Gasteiger charge is -2.11. The first-order valence-corrected chi connectivity index (χ1v) is 7.29. The van der Waals surface area contributed by atoms with Gasteiger partial charge in [0.05, 0.1) is 27.9 Å². The van der Waals surface area contributed by atoms with Crippen LogP contribution in [0.3, 0.4) is 0 Å². The van der Waals surface area contributed by atoms with E-state index < -0.39 is 4.92 Å². The van der Waals surface area contributed by atoms with Crippen molar-refractivity contribution in [1.82, 2.24) is 0 Å². The molecule has 2 aromatic rings. The van der Waals surface area contributed by atoms with Crippen molar-refractivity contribution in [3.05, 3.63) is 62.7 Å². The second-order valence-electron chi connectivity index (χ2n) is 5.14. The fraction of sp³-hybridized carbons (Fsp3) is 0.188. The highest BCUT2D eigenvalue weighted by molar-refractivity contribution is 6.33. The van der Waals surface area contributed by atoms with E-state index in [2.05, 4.69) is 10.6 Å². The lowest BCUT2D eigenvalue weighted by Crippen LogP contribution is -2.22. The average molecular weight is 334 g/mol. The third-order valence-electron chi connectivity index (χ3n) is 3.27. The van der Waals surface area contributed by atoms with Gasteiger partial charge in [-0.15, -0.1) is 0 Å². The van der Waals surface area contributed by atoms with E-state index >= 15 is 0 Å². The van der Waals surface area contributed by atoms with Crippen molar-refractivity contribution in [2.45, 2.75) is 13.8 Å². The number of carbonyl (C=O) groups excluding carboxylic acids is 1. The molecule has 120 valence electrons. The fourth-order valence-electron chi connectivity index (χ4n) is 1.99. The number of benzene rings is 2. The molecular formula is C16H16ClN3O3. The van der Waals surface area contributed by atoms with Crippen molar-refractivity contribution in [2.24, 2.45) is 0 Å². The SMILES string of the molecule is Cc1ccc(NCC(=O)Nc2cc([N+](=O)[O-])ccc2C)c(Cl)c1. The molecule has 2 N–H and O–H groups in total. The Bertz CT molecular complexity index is 762. The quantitative estimate of drug-likeness (QED) is 0.641. The zero-order valence-electron chi connectivity index (χ0n) is 12.7. The predicted molar refractivity (Wildman–Crippen MR) is 91.1 cm³/mol. The van der Waals surface area contributed by atoms with Crippen LogP contribution in [0, 0.1) is 24.0 Å². The van der Waals surface area contributed by atoms with Crippen molar-refractivity contribution in [3.63, 3.8) is 0 Å². The van der Waals surface area contributed by atoms with E-state index in [1.165, 1.54) is 12.1 Å². The summed E-state index contributed by atoms with van der Waals surface area (Å²) in [7, 11) is 0. The van der Waals surface area contributed by atoms with Crippen molar-refractivity contribution >= 4 is 34.6 Å². The zero-order chi connectivity index (χ0) is 17.0. The molecule has 23 heavy (non-hydrogen) atoms. The van der Waals surface area contributed by atoms with Crippen LogP contribution in [-0.2, 0) is 4.79 Å². The maximum absolute atomic E-state index is 12.0. The van der Waals surface area contributed by atoms with Gasteiger partial charge in [0.1, 0.15) is 0 Å². The van der Waals surface area contributed by atoms with E-state index in [0.29, 0.717) is 16.4 Å². The van der Waals surface area contributed by atoms with Crippen molar-refractivity contribution < 1.29 is 9.72 Å². The highest BCUT2D eigenvalue weighted by Gasteiger charge is 2.11. The first-order chi connectivity index (χ1) is 10.9. The van der Waals surface area contributed by atoms with Crippen molar-refractivity contribution in [3.8, 4) is 0 Å². The van der Waals surface area contributed by atoms with E-state index in [-0.39, 0.29) is 18.1 Å². The third kappa shape index (κ3) is 4.43. The number of aryl methyl sites for hydroxylation is 2. The Balaban J connectivity index is 2.02. The highest BCUT2D eigenvalue weighted by Crippen LogP contribution is 2.23. The van der Waals surface area contributed by atoms with E-state index in [9.17, 15) is 14.9 Å². The number of hydrogen-bond acceptors (Lipinski definition) is 4. The summed E-state index contributed by atoms with van der Waals surface area (Å²) in [4.78, 5) is 22.3. The molecule has 0 aliphatic rings. The van der Waals surface area contributed by atoms with Crippen LogP contribution in [0.5, 0.6) is 0 Å². The maximum Gasteiger partial charge on any atom is 0.271 e. The van der Waals surface area contributed by atoms with Gasteiger partial charge in [0, 0.05) is 12.1 Å². The molecule has 6 nitrogen and oxygen atoms in total. The van der Waals surface area contributed by atoms with E-state index in [1.54, 1.807) is 25.1 Å². The number of carbonyl (C=O) groups is 1. The number of nitrogens with zero attached hydrogens (tertiary/aromatic N) is 1. The van der Waals surface area contributed by atoms with Crippen LogP contribution < -0.4 is 10.6 Å². The molecule has 0 spiro atoms. The number of hydrogen-bond donors (Lipinski definition) is 2. The van der Waals surface area contributed by atoms with Crippen LogP contribution >= 0.6 is 11.6 Å². The van der Waals surface area contributed by atoms with E-state index in [4.69, 9.17) is 11.6 Å². The lowest BCUT2D eigenvalue weighted by molar-refractivity contribution is -0.384. The van der Waals surface area contributed by atoms with Gasteiger partial charge in [-0.25, -0.2) is 0 Å². The van der Waals surface area contributed by atoms with Gasteiger partial charge < -0.3 is 10.6 Å². The molecule has 0 atom stereocenters. The molecule has 0 radical (unpaired) electrons. The minimum Gasteiger partial charge on any atom is -0.375 e. The summed E-state index contributed by atoms with van der Waals surface area (Å²) in [5.74, 6) is -0.315. The van der Waals surface area contributed by atoms with Gasteiger partial charge in [-0.05, 0) is 37.1 Å².